The van der Waals surface area contributed by atoms with E-state index in [0.717, 1.165) is 24.0 Å². The second-order valence-electron chi connectivity index (χ2n) is 5.34. The number of aryl methyl sites for hydroxylation is 1. The second-order valence-corrected chi connectivity index (χ2v) is 5.34. The van der Waals surface area contributed by atoms with Gasteiger partial charge in [0.1, 0.15) is 5.65 Å². The fourth-order valence-electron chi connectivity index (χ4n) is 2.51. The SMILES string of the molecule is O=C(NCCCn1ccc2cccnc21)c1cccc([N+](=O)[O-])c1. The number of fused-ring (bicyclic) bond motifs is 1. The van der Waals surface area contributed by atoms with Crippen molar-refractivity contribution >= 4 is 22.6 Å². The number of amides is 1. The number of carbonyl (C=O) groups excluding carboxylic acids is 1. The van der Waals surface area contributed by atoms with Crippen LogP contribution in [-0.2, 0) is 6.54 Å². The summed E-state index contributed by atoms with van der Waals surface area (Å²) in [7, 11) is 0. The molecular weight excluding hydrogens is 308 g/mol. The normalized spacial score (nSPS) is 10.7. The van der Waals surface area contributed by atoms with Crippen LogP contribution in [0, 0.1) is 10.1 Å². The summed E-state index contributed by atoms with van der Waals surface area (Å²) in [5.41, 5.74) is 1.12. The standard InChI is InChI=1S/C17H16N4O3/c22-17(14-4-1-6-15(12-14)21(23)24)19-9-3-10-20-11-7-13-5-2-8-18-16(13)20/h1-2,4-8,11-12H,3,9-10H2,(H,19,22). The minimum atomic E-state index is -0.513. The van der Waals surface area contributed by atoms with E-state index in [1.807, 2.05) is 29.0 Å². The Balaban J connectivity index is 1.54. The largest absolute Gasteiger partial charge is 0.352 e. The Morgan fingerprint density at radius 2 is 2.12 bits per heavy atom. The van der Waals surface area contributed by atoms with E-state index >= 15 is 0 Å². The topological polar surface area (TPSA) is 90.1 Å². The fraction of sp³-hybridized carbons (Fsp3) is 0.176. The first-order valence-electron chi connectivity index (χ1n) is 7.57. The molecule has 7 heteroatoms. The quantitative estimate of drug-likeness (QED) is 0.429. The lowest BCUT2D eigenvalue weighted by Crippen LogP contribution is -2.25. The number of benzene rings is 1. The average Bonchev–Trinajstić information content (AvgIpc) is 3.02. The van der Waals surface area contributed by atoms with Gasteiger partial charge in [-0.25, -0.2) is 4.98 Å². The van der Waals surface area contributed by atoms with Gasteiger partial charge in [-0.1, -0.05) is 6.07 Å². The molecule has 0 atom stereocenters. The van der Waals surface area contributed by atoms with Crippen molar-refractivity contribution in [2.45, 2.75) is 13.0 Å². The van der Waals surface area contributed by atoms with E-state index in [1.165, 1.54) is 18.2 Å². The van der Waals surface area contributed by atoms with Crippen LogP contribution >= 0.6 is 0 Å². The maximum absolute atomic E-state index is 12.0. The summed E-state index contributed by atoms with van der Waals surface area (Å²) in [6.07, 6.45) is 4.46. The molecule has 2 heterocycles. The predicted octanol–water partition coefficient (Wildman–Crippen LogP) is 2.76. The number of nitro benzene ring substituents is 1. The Hall–Kier alpha value is -3.22. The second kappa shape index (κ2) is 6.91. The first-order valence-corrected chi connectivity index (χ1v) is 7.57. The highest BCUT2D eigenvalue weighted by atomic mass is 16.6. The third-order valence-electron chi connectivity index (χ3n) is 3.70. The van der Waals surface area contributed by atoms with Gasteiger partial charge in [-0.15, -0.1) is 0 Å². The molecule has 122 valence electrons. The van der Waals surface area contributed by atoms with E-state index < -0.39 is 4.92 Å². The molecule has 1 aromatic carbocycles. The molecule has 1 amide bonds. The Bertz CT molecular complexity index is 888. The van der Waals surface area contributed by atoms with E-state index in [0.29, 0.717) is 6.54 Å². The highest BCUT2D eigenvalue weighted by Gasteiger charge is 2.11. The zero-order valence-electron chi connectivity index (χ0n) is 12.9. The molecule has 0 spiro atoms. The zero-order chi connectivity index (χ0) is 16.9. The number of pyridine rings is 1. The molecule has 24 heavy (non-hydrogen) atoms. The van der Waals surface area contributed by atoms with E-state index in [1.54, 1.807) is 12.3 Å². The number of hydrogen-bond donors (Lipinski definition) is 1. The number of nitrogens with one attached hydrogen (secondary N) is 1. The van der Waals surface area contributed by atoms with E-state index in [2.05, 4.69) is 10.3 Å². The fourth-order valence-corrected chi connectivity index (χ4v) is 2.51. The molecule has 0 aliphatic rings. The summed E-state index contributed by atoms with van der Waals surface area (Å²) < 4.78 is 2.04. The lowest BCUT2D eigenvalue weighted by atomic mass is 10.2. The van der Waals surface area contributed by atoms with Crippen LogP contribution in [0.15, 0.2) is 54.9 Å². The predicted molar refractivity (Wildman–Crippen MR) is 89.8 cm³/mol. The van der Waals surface area contributed by atoms with Gasteiger partial charge in [0.05, 0.1) is 4.92 Å². The van der Waals surface area contributed by atoms with Crippen LogP contribution in [0.4, 0.5) is 5.69 Å². The molecule has 0 saturated carbocycles. The number of aromatic nitrogens is 2. The van der Waals surface area contributed by atoms with Crippen molar-refractivity contribution in [3.8, 4) is 0 Å². The van der Waals surface area contributed by atoms with E-state index in [-0.39, 0.29) is 17.2 Å². The molecule has 0 fully saturated rings. The van der Waals surface area contributed by atoms with Crippen LogP contribution < -0.4 is 5.32 Å². The van der Waals surface area contributed by atoms with Crippen molar-refractivity contribution in [2.24, 2.45) is 0 Å². The Kier molecular flexibility index (Phi) is 4.51. The first kappa shape index (κ1) is 15.7. The van der Waals surface area contributed by atoms with Crippen LogP contribution in [0.2, 0.25) is 0 Å². The van der Waals surface area contributed by atoms with Gasteiger partial charge in [0, 0.05) is 48.6 Å². The van der Waals surface area contributed by atoms with Gasteiger partial charge in [-0.3, -0.25) is 14.9 Å². The van der Waals surface area contributed by atoms with Crippen LogP contribution in [0.3, 0.4) is 0 Å². The van der Waals surface area contributed by atoms with Gasteiger partial charge < -0.3 is 9.88 Å². The lowest BCUT2D eigenvalue weighted by Gasteiger charge is -2.07. The molecule has 2 aromatic heterocycles. The molecule has 0 bridgehead atoms. The number of nitro groups is 1. The molecule has 7 nitrogen and oxygen atoms in total. The number of rotatable bonds is 6. The number of non-ortho nitro benzene ring substituents is 1. The van der Waals surface area contributed by atoms with E-state index in [9.17, 15) is 14.9 Å². The van der Waals surface area contributed by atoms with Crippen LogP contribution in [-0.4, -0.2) is 26.9 Å². The average molecular weight is 324 g/mol. The molecule has 0 aliphatic heterocycles. The van der Waals surface area contributed by atoms with Gasteiger partial charge in [-0.05, 0) is 30.7 Å². The number of carbonyl (C=O) groups is 1. The third-order valence-corrected chi connectivity index (χ3v) is 3.70. The molecule has 3 aromatic rings. The minimum Gasteiger partial charge on any atom is -0.352 e. The molecule has 3 rings (SSSR count). The van der Waals surface area contributed by atoms with Crippen LogP contribution in [0.25, 0.3) is 11.0 Å². The monoisotopic (exact) mass is 324 g/mol. The smallest absolute Gasteiger partial charge is 0.270 e. The van der Waals surface area contributed by atoms with Gasteiger partial charge in [0.2, 0.25) is 0 Å². The molecule has 1 N–H and O–H groups in total. The van der Waals surface area contributed by atoms with Crippen molar-refractivity contribution in [3.05, 3.63) is 70.5 Å². The Labute approximate surface area is 138 Å². The van der Waals surface area contributed by atoms with E-state index in [4.69, 9.17) is 0 Å². The first-order chi connectivity index (χ1) is 11.6. The van der Waals surface area contributed by atoms with Gasteiger partial charge in [0.15, 0.2) is 0 Å². The van der Waals surface area contributed by atoms with Gasteiger partial charge >= 0.3 is 0 Å². The highest BCUT2D eigenvalue weighted by Crippen LogP contribution is 2.14. The minimum absolute atomic E-state index is 0.0902. The molecule has 0 unspecified atom stereocenters. The van der Waals surface area contributed by atoms with Crippen LogP contribution in [0.5, 0.6) is 0 Å². The number of hydrogen-bond acceptors (Lipinski definition) is 4. The Morgan fingerprint density at radius 1 is 1.25 bits per heavy atom. The maximum atomic E-state index is 12.0. The van der Waals surface area contributed by atoms with Gasteiger partial charge in [0.25, 0.3) is 11.6 Å². The third kappa shape index (κ3) is 3.40. The molecule has 0 radical (unpaired) electrons. The zero-order valence-corrected chi connectivity index (χ0v) is 12.9. The Morgan fingerprint density at radius 3 is 2.96 bits per heavy atom. The summed E-state index contributed by atoms with van der Waals surface area (Å²) in [4.78, 5) is 26.6. The molecular formula is C17H16N4O3. The maximum Gasteiger partial charge on any atom is 0.270 e. The number of nitrogens with zero attached hydrogens (tertiary/aromatic N) is 3. The van der Waals surface area contributed by atoms with Crippen molar-refractivity contribution in [1.82, 2.24) is 14.9 Å². The summed E-state index contributed by atoms with van der Waals surface area (Å²) in [6.45, 7) is 1.21. The summed E-state index contributed by atoms with van der Waals surface area (Å²) >= 11 is 0. The highest BCUT2D eigenvalue weighted by molar-refractivity contribution is 5.94. The van der Waals surface area contributed by atoms with Crippen molar-refractivity contribution in [3.63, 3.8) is 0 Å². The van der Waals surface area contributed by atoms with Crippen molar-refractivity contribution < 1.29 is 9.72 Å². The van der Waals surface area contributed by atoms with Crippen molar-refractivity contribution in [2.75, 3.05) is 6.54 Å². The summed E-state index contributed by atoms with van der Waals surface area (Å²) in [5, 5.41) is 14.6. The lowest BCUT2D eigenvalue weighted by molar-refractivity contribution is -0.384. The molecule has 0 aliphatic carbocycles. The molecule has 0 saturated heterocycles. The van der Waals surface area contributed by atoms with Crippen LogP contribution in [0.1, 0.15) is 16.8 Å². The van der Waals surface area contributed by atoms with Crippen molar-refractivity contribution in [1.29, 1.82) is 0 Å². The summed E-state index contributed by atoms with van der Waals surface area (Å²) in [6, 6.07) is 11.6. The summed E-state index contributed by atoms with van der Waals surface area (Å²) in [5.74, 6) is -0.311. The van der Waals surface area contributed by atoms with Gasteiger partial charge in [-0.2, -0.15) is 0 Å².